The first-order valence-corrected chi connectivity index (χ1v) is 12.1. The van der Waals surface area contributed by atoms with Crippen LogP contribution in [0.2, 0.25) is 0 Å². The fourth-order valence-electron chi connectivity index (χ4n) is 4.77. The zero-order valence-corrected chi connectivity index (χ0v) is 20.6. The molecule has 0 unspecified atom stereocenters. The molecule has 4 aromatic rings. The highest BCUT2D eigenvalue weighted by molar-refractivity contribution is 5.81. The van der Waals surface area contributed by atoms with Crippen molar-refractivity contribution >= 4 is 22.7 Å². The summed E-state index contributed by atoms with van der Waals surface area (Å²) in [7, 11) is 0. The van der Waals surface area contributed by atoms with Crippen LogP contribution in [-0.4, -0.2) is 62.5 Å². The third-order valence-electron chi connectivity index (χ3n) is 6.56. The maximum Gasteiger partial charge on any atom is 0.411 e. The van der Waals surface area contributed by atoms with E-state index in [1.807, 2.05) is 4.90 Å². The number of halogens is 5. The zero-order valence-electron chi connectivity index (χ0n) is 20.6. The number of hydrogen-bond acceptors (Lipinski definition) is 8. The second-order valence-corrected chi connectivity index (χ2v) is 9.63. The van der Waals surface area contributed by atoms with Crippen molar-refractivity contribution in [2.24, 2.45) is 5.73 Å². The number of nitrogens with zero attached hydrogens (tertiary/aromatic N) is 6. The van der Waals surface area contributed by atoms with Crippen LogP contribution in [0.15, 0.2) is 43.1 Å². The third kappa shape index (κ3) is 5.91. The molecule has 1 saturated heterocycles. The monoisotopic (exact) mass is 548 g/mol. The van der Waals surface area contributed by atoms with Crippen LogP contribution in [0.4, 0.5) is 33.5 Å². The quantitative estimate of drug-likeness (QED) is 0.336. The highest BCUT2D eigenvalue weighted by atomic mass is 19.4. The van der Waals surface area contributed by atoms with Gasteiger partial charge in [-0.25, -0.2) is 23.7 Å². The van der Waals surface area contributed by atoms with Crippen molar-refractivity contribution in [2.75, 3.05) is 36.9 Å². The van der Waals surface area contributed by atoms with Gasteiger partial charge < -0.3 is 25.7 Å². The summed E-state index contributed by atoms with van der Waals surface area (Å²) in [5.41, 5.74) is 14.5. The van der Waals surface area contributed by atoms with Crippen molar-refractivity contribution in [1.29, 1.82) is 0 Å². The van der Waals surface area contributed by atoms with E-state index < -0.39 is 30.0 Å². The van der Waals surface area contributed by atoms with Gasteiger partial charge in [0.05, 0.1) is 42.6 Å². The van der Waals surface area contributed by atoms with Crippen LogP contribution < -0.4 is 16.4 Å². The number of nitrogen functional groups attached to an aromatic ring is 1. The average Bonchev–Trinajstić information content (AvgIpc) is 3.29. The van der Waals surface area contributed by atoms with Gasteiger partial charge in [-0.05, 0) is 42.7 Å². The summed E-state index contributed by atoms with van der Waals surface area (Å²) in [4.78, 5) is 19.0. The fourth-order valence-corrected chi connectivity index (χ4v) is 4.77. The largest absolute Gasteiger partial charge is 0.411 e. The number of ether oxygens (including phenoxy) is 1. The van der Waals surface area contributed by atoms with E-state index in [-0.39, 0.29) is 25.5 Å². The molecule has 0 radical (unpaired) electrons. The molecule has 3 aromatic heterocycles. The van der Waals surface area contributed by atoms with Crippen molar-refractivity contribution in [1.82, 2.24) is 24.5 Å². The Bertz CT molecular complexity index is 1490. The smallest absolute Gasteiger partial charge is 0.382 e. The van der Waals surface area contributed by atoms with Gasteiger partial charge in [0.25, 0.3) is 0 Å². The minimum absolute atomic E-state index is 0.221. The zero-order chi connectivity index (χ0) is 27.8. The van der Waals surface area contributed by atoms with E-state index in [2.05, 4.69) is 19.9 Å². The first-order chi connectivity index (χ1) is 18.5. The SMILES string of the molecule is Nc1ncnc2c1ncn2Cc1cc(-c2ccc(F)c(F)c2)ncc1N1CCC[C@](N)(COCC(F)(F)F)C1. The Morgan fingerprint density at radius 3 is 2.64 bits per heavy atom. The molecule has 1 aliphatic rings. The molecule has 1 aliphatic heterocycles. The van der Waals surface area contributed by atoms with Crippen LogP contribution in [0.3, 0.4) is 0 Å². The van der Waals surface area contributed by atoms with Crippen molar-refractivity contribution in [3.63, 3.8) is 0 Å². The van der Waals surface area contributed by atoms with Gasteiger partial charge in [0.1, 0.15) is 18.5 Å². The number of rotatable bonds is 7. The molecule has 9 nitrogen and oxygen atoms in total. The lowest BCUT2D eigenvalue weighted by atomic mass is 9.90. The molecule has 5 rings (SSSR count). The predicted molar refractivity (Wildman–Crippen MR) is 134 cm³/mol. The molecule has 4 N–H and O–H groups in total. The molecule has 1 fully saturated rings. The maximum absolute atomic E-state index is 14.0. The van der Waals surface area contributed by atoms with E-state index in [0.29, 0.717) is 47.5 Å². The molecule has 0 spiro atoms. The van der Waals surface area contributed by atoms with Gasteiger partial charge in [-0.2, -0.15) is 13.2 Å². The Kier molecular flexibility index (Phi) is 7.07. The summed E-state index contributed by atoms with van der Waals surface area (Å²) in [6.07, 6.45) is 1.14. The number of aromatic nitrogens is 5. The number of hydrogen-bond donors (Lipinski definition) is 2. The first-order valence-electron chi connectivity index (χ1n) is 12.1. The Hall–Kier alpha value is -3.91. The first kappa shape index (κ1) is 26.7. The highest BCUT2D eigenvalue weighted by Crippen LogP contribution is 2.32. The Balaban J connectivity index is 1.50. The lowest BCUT2D eigenvalue weighted by Crippen LogP contribution is -2.57. The maximum atomic E-state index is 14.0. The normalized spacial score (nSPS) is 18.2. The van der Waals surface area contributed by atoms with Crippen LogP contribution in [0.25, 0.3) is 22.4 Å². The van der Waals surface area contributed by atoms with E-state index >= 15 is 0 Å². The number of imidazole rings is 1. The number of anilines is 2. The van der Waals surface area contributed by atoms with Gasteiger partial charge >= 0.3 is 6.18 Å². The summed E-state index contributed by atoms with van der Waals surface area (Å²) in [5, 5.41) is 0. The van der Waals surface area contributed by atoms with E-state index in [4.69, 9.17) is 16.2 Å². The molecule has 0 saturated carbocycles. The van der Waals surface area contributed by atoms with Crippen LogP contribution in [-0.2, 0) is 11.3 Å². The second kappa shape index (κ2) is 10.3. The Morgan fingerprint density at radius 2 is 1.87 bits per heavy atom. The van der Waals surface area contributed by atoms with Gasteiger partial charge in [0.2, 0.25) is 0 Å². The van der Waals surface area contributed by atoms with Crippen LogP contribution in [0.1, 0.15) is 18.4 Å². The number of fused-ring (bicyclic) bond motifs is 1. The molecule has 0 amide bonds. The molecule has 1 aromatic carbocycles. The van der Waals surface area contributed by atoms with E-state index in [9.17, 15) is 22.0 Å². The van der Waals surface area contributed by atoms with Gasteiger partial charge in [0.15, 0.2) is 23.1 Å². The van der Waals surface area contributed by atoms with Gasteiger partial charge in [-0.1, -0.05) is 0 Å². The topological polar surface area (TPSA) is 121 Å². The van der Waals surface area contributed by atoms with E-state index in [1.54, 1.807) is 23.2 Å². The third-order valence-corrected chi connectivity index (χ3v) is 6.56. The summed E-state index contributed by atoms with van der Waals surface area (Å²) in [5.74, 6) is -1.76. The van der Waals surface area contributed by atoms with Gasteiger partial charge in [-0.3, -0.25) is 4.98 Å². The molecular formula is C25H25F5N8O. The fraction of sp³-hybridized carbons (Fsp3) is 0.360. The number of alkyl halides is 3. The van der Waals surface area contributed by atoms with Crippen LogP contribution in [0, 0.1) is 11.6 Å². The van der Waals surface area contributed by atoms with E-state index in [1.165, 1.54) is 12.4 Å². The second-order valence-electron chi connectivity index (χ2n) is 9.63. The lowest BCUT2D eigenvalue weighted by Gasteiger charge is -2.41. The average molecular weight is 549 g/mol. The molecular weight excluding hydrogens is 523 g/mol. The molecule has 0 aliphatic carbocycles. The summed E-state index contributed by atoms with van der Waals surface area (Å²) < 4.78 is 72.0. The molecule has 0 bridgehead atoms. The Morgan fingerprint density at radius 1 is 1.05 bits per heavy atom. The lowest BCUT2D eigenvalue weighted by molar-refractivity contribution is -0.177. The highest BCUT2D eigenvalue weighted by Gasteiger charge is 2.35. The number of benzene rings is 1. The number of nitrogens with two attached hydrogens (primary N) is 2. The summed E-state index contributed by atoms with van der Waals surface area (Å²) in [6.45, 7) is -0.581. The molecule has 39 heavy (non-hydrogen) atoms. The predicted octanol–water partition coefficient (Wildman–Crippen LogP) is 3.67. The van der Waals surface area contributed by atoms with Crippen molar-refractivity contribution in [2.45, 2.75) is 31.1 Å². The van der Waals surface area contributed by atoms with Crippen molar-refractivity contribution < 1.29 is 26.7 Å². The summed E-state index contributed by atoms with van der Waals surface area (Å²) in [6, 6.07) is 5.25. The van der Waals surface area contributed by atoms with Gasteiger partial charge in [-0.15, -0.1) is 0 Å². The minimum atomic E-state index is -4.45. The van der Waals surface area contributed by atoms with Crippen LogP contribution >= 0.6 is 0 Å². The minimum Gasteiger partial charge on any atom is -0.382 e. The Labute approximate surface area is 219 Å². The van der Waals surface area contributed by atoms with E-state index in [0.717, 1.165) is 17.7 Å². The molecule has 4 heterocycles. The van der Waals surface area contributed by atoms with Gasteiger partial charge in [0, 0.05) is 18.7 Å². The molecule has 206 valence electrons. The van der Waals surface area contributed by atoms with Crippen molar-refractivity contribution in [3.05, 3.63) is 60.3 Å². The molecule has 1 atom stereocenters. The number of piperidine rings is 1. The van der Waals surface area contributed by atoms with Crippen molar-refractivity contribution in [3.8, 4) is 11.3 Å². The standard InChI is InChI=1S/C25H25F5N8O/c26-17-3-2-15(6-18(17)27)19-7-16(9-38-14-36-21-22(31)34-13-35-23(21)38)20(8-33-19)37-5-1-4-24(32,10-37)11-39-12-25(28,29)30/h2-3,6-8,13-14H,1,4-5,9-12,32H2,(H2,31,34,35)/t24-/m1/s1. The van der Waals surface area contributed by atoms with Crippen LogP contribution in [0.5, 0.6) is 0 Å². The molecule has 14 heteroatoms. The number of pyridine rings is 1. The summed E-state index contributed by atoms with van der Waals surface area (Å²) >= 11 is 0.